The highest BCUT2D eigenvalue weighted by atomic mass is 16.3. The number of aliphatic hydroxyl groups is 1. The maximum atomic E-state index is 9.38. The van der Waals surface area contributed by atoms with Crippen LogP contribution in [0.3, 0.4) is 0 Å². The minimum atomic E-state index is -0.165. The molecule has 1 aromatic rings. The highest BCUT2D eigenvalue weighted by Gasteiger charge is 2.24. The topological polar surface area (TPSA) is 32.3 Å². The molecule has 0 amide bonds. The SMILES string of the molecule is CCC(CC)(CO)Nc1ccccc1. The fourth-order valence-corrected chi connectivity index (χ4v) is 1.52. The van der Waals surface area contributed by atoms with Gasteiger partial charge in [-0.3, -0.25) is 0 Å². The number of benzene rings is 1. The molecule has 1 rings (SSSR count). The summed E-state index contributed by atoms with van der Waals surface area (Å²) in [5, 5.41) is 12.8. The van der Waals surface area contributed by atoms with Crippen LogP contribution in [0.2, 0.25) is 0 Å². The Bertz CT molecular complexity index is 246. The van der Waals surface area contributed by atoms with E-state index in [0.29, 0.717) is 0 Å². The molecular formula is C12H19NO. The van der Waals surface area contributed by atoms with Crippen LogP contribution in [-0.4, -0.2) is 17.3 Å². The molecule has 1 aromatic carbocycles. The van der Waals surface area contributed by atoms with Crippen molar-refractivity contribution >= 4 is 5.69 Å². The Morgan fingerprint density at radius 1 is 1.14 bits per heavy atom. The van der Waals surface area contributed by atoms with E-state index in [0.717, 1.165) is 18.5 Å². The van der Waals surface area contributed by atoms with Crippen molar-refractivity contribution in [2.24, 2.45) is 0 Å². The summed E-state index contributed by atoms with van der Waals surface area (Å²) in [4.78, 5) is 0. The largest absolute Gasteiger partial charge is 0.394 e. The van der Waals surface area contributed by atoms with E-state index >= 15 is 0 Å². The summed E-state index contributed by atoms with van der Waals surface area (Å²) in [6.07, 6.45) is 1.85. The molecule has 0 aliphatic rings. The third-order valence-corrected chi connectivity index (χ3v) is 2.84. The Labute approximate surface area is 86.0 Å². The Morgan fingerprint density at radius 2 is 1.71 bits per heavy atom. The first kappa shape index (κ1) is 11.1. The summed E-state index contributed by atoms with van der Waals surface area (Å²) in [5.41, 5.74) is 0.909. The molecule has 2 heteroatoms. The van der Waals surface area contributed by atoms with E-state index in [1.165, 1.54) is 0 Å². The minimum Gasteiger partial charge on any atom is -0.394 e. The van der Waals surface area contributed by atoms with Gasteiger partial charge in [-0.1, -0.05) is 32.0 Å². The van der Waals surface area contributed by atoms with Crippen LogP contribution in [0.1, 0.15) is 26.7 Å². The van der Waals surface area contributed by atoms with E-state index in [-0.39, 0.29) is 12.1 Å². The molecule has 0 aromatic heterocycles. The van der Waals surface area contributed by atoms with E-state index < -0.39 is 0 Å². The van der Waals surface area contributed by atoms with Gasteiger partial charge in [0.25, 0.3) is 0 Å². The van der Waals surface area contributed by atoms with E-state index in [4.69, 9.17) is 0 Å². The number of para-hydroxylation sites is 1. The van der Waals surface area contributed by atoms with Gasteiger partial charge in [-0.2, -0.15) is 0 Å². The molecule has 0 saturated carbocycles. The lowest BCUT2D eigenvalue weighted by Crippen LogP contribution is -2.40. The highest BCUT2D eigenvalue weighted by molar-refractivity contribution is 5.45. The molecule has 0 heterocycles. The predicted molar refractivity (Wildman–Crippen MR) is 60.5 cm³/mol. The van der Waals surface area contributed by atoms with Crippen molar-refractivity contribution in [2.75, 3.05) is 11.9 Å². The molecule has 2 nitrogen and oxygen atoms in total. The molecule has 0 aliphatic heterocycles. The van der Waals surface area contributed by atoms with Crippen molar-refractivity contribution < 1.29 is 5.11 Å². The zero-order valence-corrected chi connectivity index (χ0v) is 8.96. The summed E-state index contributed by atoms with van der Waals surface area (Å²) in [7, 11) is 0. The van der Waals surface area contributed by atoms with E-state index in [9.17, 15) is 5.11 Å². The maximum absolute atomic E-state index is 9.38. The van der Waals surface area contributed by atoms with Crippen molar-refractivity contribution in [3.63, 3.8) is 0 Å². The Balaban J connectivity index is 2.74. The lowest BCUT2D eigenvalue weighted by molar-refractivity contribution is 0.202. The second-order valence-corrected chi connectivity index (χ2v) is 3.64. The smallest absolute Gasteiger partial charge is 0.0661 e. The van der Waals surface area contributed by atoms with Crippen molar-refractivity contribution in [3.05, 3.63) is 30.3 Å². The van der Waals surface area contributed by atoms with Crippen LogP contribution in [0, 0.1) is 0 Å². The van der Waals surface area contributed by atoms with Gasteiger partial charge in [0.05, 0.1) is 12.1 Å². The summed E-state index contributed by atoms with van der Waals surface area (Å²) < 4.78 is 0. The summed E-state index contributed by atoms with van der Waals surface area (Å²) in [6, 6.07) is 10.0. The molecule has 0 spiro atoms. The molecule has 0 atom stereocenters. The summed E-state index contributed by atoms with van der Waals surface area (Å²) in [5.74, 6) is 0. The molecule has 0 bridgehead atoms. The van der Waals surface area contributed by atoms with Crippen molar-refractivity contribution in [3.8, 4) is 0 Å². The number of rotatable bonds is 5. The molecule has 0 radical (unpaired) electrons. The lowest BCUT2D eigenvalue weighted by atomic mass is 9.93. The zero-order valence-electron chi connectivity index (χ0n) is 8.96. The molecule has 0 saturated heterocycles. The van der Waals surface area contributed by atoms with Gasteiger partial charge in [0.1, 0.15) is 0 Å². The Kier molecular flexibility index (Phi) is 3.96. The van der Waals surface area contributed by atoms with Gasteiger partial charge < -0.3 is 10.4 Å². The van der Waals surface area contributed by atoms with Gasteiger partial charge in [-0.15, -0.1) is 0 Å². The minimum absolute atomic E-state index is 0.165. The van der Waals surface area contributed by atoms with Gasteiger partial charge in [0.15, 0.2) is 0 Å². The number of hydrogen-bond acceptors (Lipinski definition) is 2. The number of anilines is 1. The quantitative estimate of drug-likeness (QED) is 0.753. The number of nitrogens with one attached hydrogen (secondary N) is 1. The van der Waals surface area contributed by atoms with Crippen LogP contribution in [0.4, 0.5) is 5.69 Å². The monoisotopic (exact) mass is 193 g/mol. The first-order chi connectivity index (χ1) is 6.76. The van der Waals surface area contributed by atoms with Gasteiger partial charge in [-0.25, -0.2) is 0 Å². The van der Waals surface area contributed by atoms with Crippen LogP contribution in [-0.2, 0) is 0 Å². The first-order valence-electron chi connectivity index (χ1n) is 5.20. The van der Waals surface area contributed by atoms with E-state index in [2.05, 4.69) is 19.2 Å². The van der Waals surface area contributed by atoms with E-state index in [1.807, 2.05) is 30.3 Å². The van der Waals surface area contributed by atoms with E-state index in [1.54, 1.807) is 0 Å². The molecule has 14 heavy (non-hydrogen) atoms. The van der Waals surface area contributed by atoms with Crippen LogP contribution in [0.15, 0.2) is 30.3 Å². The molecule has 78 valence electrons. The zero-order chi connectivity index (χ0) is 10.4. The van der Waals surface area contributed by atoms with Gasteiger partial charge in [0, 0.05) is 5.69 Å². The average molecular weight is 193 g/mol. The van der Waals surface area contributed by atoms with Crippen LogP contribution >= 0.6 is 0 Å². The van der Waals surface area contributed by atoms with Crippen molar-refractivity contribution in [1.29, 1.82) is 0 Å². The summed E-state index contributed by atoms with van der Waals surface area (Å²) >= 11 is 0. The van der Waals surface area contributed by atoms with Gasteiger partial charge in [0.2, 0.25) is 0 Å². The normalized spacial score (nSPS) is 11.4. The van der Waals surface area contributed by atoms with Gasteiger partial charge in [-0.05, 0) is 25.0 Å². The Morgan fingerprint density at radius 3 is 2.14 bits per heavy atom. The fraction of sp³-hybridized carbons (Fsp3) is 0.500. The number of aliphatic hydroxyl groups excluding tert-OH is 1. The predicted octanol–water partition coefficient (Wildman–Crippen LogP) is 2.65. The maximum Gasteiger partial charge on any atom is 0.0661 e. The second kappa shape index (κ2) is 5.01. The van der Waals surface area contributed by atoms with Crippen molar-refractivity contribution in [1.82, 2.24) is 0 Å². The van der Waals surface area contributed by atoms with Crippen LogP contribution < -0.4 is 5.32 Å². The van der Waals surface area contributed by atoms with Gasteiger partial charge >= 0.3 is 0 Å². The van der Waals surface area contributed by atoms with Crippen LogP contribution in [0.25, 0.3) is 0 Å². The lowest BCUT2D eigenvalue weighted by Gasteiger charge is -2.31. The van der Waals surface area contributed by atoms with Crippen LogP contribution in [0.5, 0.6) is 0 Å². The number of hydrogen-bond donors (Lipinski definition) is 2. The third kappa shape index (κ3) is 2.48. The highest BCUT2D eigenvalue weighted by Crippen LogP contribution is 2.21. The molecule has 2 N–H and O–H groups in total. The molecule has 0 aliphatic carbocycles. The molecule has 0 unspecified atom stereocenters. The fourth-order valence-electron chi connectivity index (χ4n) is 1.52. The molecule has 0 fully saturated rings. The second-order valence-electron chi connectivity index (χ2n) is 3.64. The summed E-state index contributed by atoms with van der Waals surface area (Å²) in [6.45, 7) is 4.36. The molecular weight excluding hydrogens is 174 g/mol. The third-order valence-electron chi connectivity index (χ3n) is 2.84. The van der Waals surface area contributed by atoms with Crippen molar-refractivity contribution in [2.45, 2.75) is 32.2 Å². The first-order valence-corrected chi connectivity index (χ1v) is 5.20. The Hall–Kier alpha value is -1.02. The standard InChI is InChI=1S/C12H19NO/c1-3-12(4-2,10-14)13-11-8-6-5-7-9-11/h5-9,13-14H,3-4,10H2,1-2H3. The average Bonchev–Trinajstić information content (AvgIpc) is 2.28.